The minimum absolute atomic E-state index is 0.229. The van der Waals surface area contributed by atoms with Crippen molar-refractivity contribution in [2.24, 2.45) is 5.92 Å². The molecule has 17 heavy (non-hydrogen) atoms. The maximum Gasteiger partial charge on any atom is 0.0838 e. The zero-order chi connectivity index (χ0) is 11.6. The van der Waals surface area contributed by atoms with Gasteiger partial charge in [-0.05, 0) is 31.6 Å². The summed E-state index contributed by atoms with van der Waals surface area (Å²) in [7, 11) is 0. The van der Waals surface area contributed by atoms with Crippen molar-refractivity contribution in [1.82, 2.24) is 5.32 Å². The Morgan fingerprint density at radius 3 is 2.29 bits per heavy atom. The van der Waals surface area contributed by atoms with Crippen LogP contribution in [0.2, 0.25) is 0 Å². The van der Waals surface area contributed by atoms with Crippen LogP contribution in [0.15, 0.2) is 0 Å². The molecule has 0 bridgehead atoms. The molecule has 2 saturated carbocycles. The normalized spacial score (nSPS) is 34.9. The van der Waals surface area contributed by atoms with Gasteiger partial charge in [-0.15, -0.1) is 0 Å². The van der Waals surface area contributed by atoms with Crippen LogP contribution in [0.3, 0.4) is 0 Å². The van der Waals surface area contributed by atoms with Crippen LogP contribution in [0.25, 0.3) is 0 Å². The smallest absolute Gasteiger partial charge is 0.0838 e. The number of hydrogen-bond donors (Lipinski definition) is 1. The Bertz CT molecular complexity index is 239. The molecule has 2 aliphatic carbocycles. The summed E-state index contributed by atoms with van der Waals surface area (Å²) in [6.07, 6.45) is 14.0. The second-order valence-corrected chi connectivity index (χ2v) is 6.30. The zero-order valence-electron chi connectivity index (χ0n) is 11.0. The molecule has 0 aromatic rings. The summed E-state index contributed by atoms with van der Waals surface area (Å²) in [5.74, 6) is 0.885. The zero-order valence-corrected chi connectivity index (χ0v) is 11.0. The van der Waals surface area contributed by atoms with Gasteiger partial charge >= 0.3 is 0 Å². The summed E-state index contributed by atoms with van der Waals surface area (Å²) in [6, 6.07) is 0.664. The van der Waals surface area contributed by atoms with E-state index in [1.807, 2.05) is 0 Å². The predicted octanol–water partition coefficient (Wildman–Crippen LogP) is 3.26. The van der Waals surface area contributed by atoms with Crippen LogP contribution in [0.1, 0.15) is 64.2 Å². The fourth-order valence-corrected chi connectivity index (χ4v) is 4.41. The molecule has 1 unspecified atom stereocenters. The van der Waals surface area contributed by atoms with Gasteiger partial charge in [-0.2, -0.15) is 0 Å². The second kappa shape index (κ2) is 5.27. The Balaban J connectivity index is 1.73. The molecule has 1 atom stereocenters. The maximum absolute atomic E-state index is 6.27. The molecule has 2 nitrogen and oxygen atoms in total. The van der Waals surface area contributed by atoms with E-state index in [1.165, 1.54) is 64.2 Å². The molecule has 1 heterocycles. The first-order valence-corrected chi connectivity index (χ1v) is 7.78. The highest BCUT2D eigenvalue weighted by Crippen LogP contribution is 2.42. The van der Waals surface area contributed by atoms with E-state index in [1.54, 1.807) is 0 Å². The fourth-order valence-electron chi connectivity index (χ4n) is 4.41. The van der Waals surface area contributed by atoms with E-state index in [2.05, 4.69) is 5.32 Å². The van der Waals surface area contributed by atoms with E-state index < -0.39 is 0 Å². The van der Waals surface area contributed by atoms with Gasteiger partial charge in [-0.25, -0.2) is 0 Å². The van der Waals surface area contributed by atoms with E-state index in [0.29, 0.717) is 6.04 Å². The molecule has 0 aromatic carbocycles. The lowest BCUT2D eigenvalue weighted by Gasteiger charge is -2.46. The molecule has 3 aliphatic rings. The molecular weight excluding hydrogens is 210 g/mol. The lowest BCUT2D eigenvalue weighted by atomic mass is 9.78. The number of morpholine rings is 1. The van der Waals surface area contributed by atoms with E-state index in [-0.39, 0.29) is 5.60 Å². The Labute approximate surface area is 105 Å². The highest BCUT2D eigenvalue weighted by Gasteiger charge is 2.47. The van der Waals surface area contributed by atoms with Crippen LogP contribution in [-0.2, 0) is 4.74 Å². The number of ether oxygens (including phenoxy) is 1. The van der Waals surface area contributed by atoms with Crippen LogP contribution in [-0.4, -0.2) is 24.8 Å². The number of hydrogen-bond acceptors (Lipinski definition) is 2. The molecule has 1 spiro atoms. The van der Waals surface area contributed by atoms with Gasteiger partial charge in [0, 0.05) is 12.6 Å². The molecule has 98 valence electrons. The van der Waals surface area contributed by atoms with Gasteiger partial charge in [0.25, 0.3) is 0 Å². The average molecular weight is 237 g/mol. The van der Waals surface area contributed by atoms with Gasteiger partial charge in [0.1, 0.15) is 0 Å². The molecule has 3 fully saturated rings. The Morgan fingerprint density at radius 1 is 0.882 bits per heavy atom. The summed E-state index contributed by atoms with van der Waals surface area (Å²) in [5.41, 5.74) is 0.229. The van der Waals surface area contributed by atoms with Crippen molar-refractivity contribution in [2.75, 3.05) is 13.2 Å². The largest absolute Gasteiger partial charge is 0.372 e. The molecule has 0 radical (unpaired) electrons. The first kappa shape index (κ1) is 12.0. The van der Waals surface area contributed by atoms with Crippen molar-refractivity contribution in [1.29, 1.82) is 0 Å². The van der Waals surface area contributed by atoms with Crippen LogP contribution in [0.5, 0.6) is 0 Å². The third-order valence-corrected chi connectivity index (χ3v) is 5.24. The molecule has 1 N–H and O–H groups in total. The van der Waals surface area contributed by atoms with Crippen LogP contribution < -0.4 is 5.32 Å². The van der Waals surface area contributed by atoms with Crippen molar-refractivity contribution in [3.05, 3.63) is 0 Å². The van der Waals surface area contributed by atoms with Crippen molar-refractivity contribution >= 4 is 0 Å². The molecule has 1 saturated heterocycles. The minimum Gasteiger partial charge on any atom is -0.372 e. The average Bonchev–Trinajstić information content (AvgIpc) is 2.66. The van der Waals surface area contributed by atoms with Crippen molar-refractivity contribution < 1.29 is 4.74 Å². The molecule has 0 amide bonds. The monoisotopic (exact) mass is 237 g/mol. The number of nitrogens with one attached hydrogen (secondary N) is 1. The Kier molecular flexibility index (Phi) is 3.72. The molecule has 2 heteroatoms. The van der Waals surface area contributed by atoms with E-state index in [9.17, 15) is 0 Å². The third-order valence-electron chi connectivity index (χ3n) is 5.24. The highest BCUT2D eigenvalue weighted by atomic mass is 16.5. The van der Waals surface area contributed by atoms with Gasteiger partial charge in [0.2, 0.25) is 0 Å². The summed E-state index contributed by atoms with van der Waals surface area (Å²) < 4.78 is 6.27. The van der Waals surface area contributed by atoms with Crippen LogP contribution >= 0.6 is 0 Å². The highest BCUT2D eigenvalue weighted by molar-refractivity contribution is 5.02. The van der Waals surface area contributed by atoms with Crippen molar-refractivity contribution in [3.63, 3.8) is 0 Å². The fraction of sp³-hybridized carbons (Fsp3) is 1.00. The predicted molar refractivity (Wildman–Crippen MR) is 70.1 cm³/mol. The van der Waals surface area contributed by atoms with Crippen molar-refractivity contribution in [2.45, 2.75) is 75.9 Å². The topological polar surface area (TPSA) is 21.3 Å². The lowest BCUT2D eigenvalue weighted by Crippen LogP contribution is -2.59. The van der Waals surface area contributed by atoms with E-state index in [4.69, 9.17) is 4.74 Å². The second-order valence-electron chi connectivity index (χ2n) is 6.30. The molecule has 3 rings (SSSR count). The van der Waals surface area contributed by atoms with Gasteiger partial charge in [-0.3, -0.25) is 0 Å². The molecular formula is C15H27NO. The standard InChI is InChI=1S/C15H27NO/c1-2-4-8-13(7-3-1)14-15(9-5-6-10-15)17-12-11-16-14/h13-14,16H,1-12H2. The third kappa shape index (κ3) is 2.39. The van der Waals surface area contributed by atoms with Gasteiger partial charge in [-0.1, -0.05) is 38.5 Å². The quantitative estimate of drug-likeness (QED) is 0.707. The Hall–Kier alpha value is -0.0800. The summed E-state index contributed by atoms with van der Waals surface area (Å²) in [5, 5.41) is 3.82. The lowest BCUT2D eigenvalue weighted by molar-refractivity contribution is -0.107. The minimum atomic E-state index is 0.229. The van der Waals surface area contributed by atoms with Gasteiger partial charge in [0.15, 0.2) is 0 Å². The summed E-state index contributed by atoms with van der Waals surface area (Å²) >= 11 is 0. The van der Waals surface area contributed by atoms with Crippen LogP contribution in [0, 0.1) is 5.92 Å². The van der Waals surface area contributed by atoms with Gasteiger partial charge in [0.05, 0.1) is 12.2 Å². The molecule has 0 aromatic heterocycles. The Morgan fingerprint density at radius 2 is 1.59 bits per heavy atom. The summed E-state index contributed by atoms with van der Waals surface area (Å²) in [4.78, 5) is 0. The maximum atomic E-state index is 6.27. The van der Waals surface area contributed by atoms with E-state index in [0.717, 1.165) is 19.1 Å². The SMILES string of the molecule is C1CCCC(C2NCCOC23CCCC3)CC1. The van der Waals surface area contributed by atoms with Gasteiger partial charge < -0.3 is 10.1 Å². The first-order chi connectivity index (χ1) is 8.41. The number of rotatable bonds is 1. The summed E-state index contributed by atoms with van der Waals surface area (Å²) in [6.45, 7) is 2.01. The van der Waals surface area contributed by atoms with E-state index >= 15 is 0 Å². The molecule has 1 aliphatic heterocycles. The van der Waals surface area contributed by atoms with Crippen LogP contribution in [0.4, 0.5) is 0 Å². The first-order valence-electron chi connectivity index (χ1n) is 7.78. The van der Waals surface area contributed by atoms with Crippen molar-refractivity contribution in [3.8, 4) is 0 Å².